The fourth-order valence-electron chi connectivity index (χ4n) is 1.58. The third-order valence-electron chi connectivity index (χ3n) is 2.54. The molecule has 0 fully saturated rings. The summed E-state index contributed by atoms with van der Waals surface area (Å²) in [5.74, 6) is 0.575. The van der Waals surface area contributed by atoms with Crippen LogP contribution < -0.4 is 10.6 Å². The van der Waals surface area contributed by atoms with Crippen LogP contribution in [0, 0.1) is 6.92 Å². The highest BCUT2D eigenvalue weighted by Crippen LogP contribution is 2.07. The third kappa shape index (κ3) is 5.86. The van der Waals surface area contributed by atoms with E-state index in [2.05, 4.69) is 27.5 Å². The highest BCUT2D eigenvalue weighted by Gasteiger charge is 2.15. The number of aromatic nitrogens is 2. The molecule has 1 rings (SSSR count). The fraction of sp³-hybridized carbons (Fsp3) is 0.643. The summed E-state index contributed by atoms with van der Waals surface area (Å²) in [7, 11) is 0. The molecule has 6 nitrogen and oxygen atoms in total. The van der Waals surface area contributed by atoms with Crippen LogP contribution in [0.3, 0.4) is 0 Å². The normalized spacial score (nSPS) is 11.1. The van der Waals surface area contributed by atoms with Gasteiger partial charge in [0.2, 0.25) is 5.95 Å². The largest absolute Gasteiger partial charge is 0.444 e. The maximum Gasteiger partial charge on any atom is 0.407 e. The second-order valence-electron chi connectivity index (χ2n) is 5.51. The van der Waals surface area contributed by atoms with Gasteiger partial charge in [-0.05, 0) is 39.7 Å². The van der Waals surface area contributed by atoms with Gasteiger partial charge in [-0.3, -0.25) is 0 Å². The van der Waals surface area contributed by atoms with Crippen molar-refractivity contribution in [1.29, 1.82) is 0 Å². The van der Waals surface area contributed by atoms with Crippen molar-refractivity contribution in [3.63, 3.8) is 0 Å². The Labute approximate surface area is 120 Å². The van der Waals surface area contributed by atoms with E-state index in [0.717, 1.165) is 17.7 Å². The van der Waals surface area contributed by atoms with Gasteiger partial charge < -0.3 is 15.4 Å². The van der Waals surface area contributed by atoms with Crippen LogP contribution in [0.15, 0.2) is 6.20 Å². The van der Waals surface area contributed by atoms with Gasteiger partial charge in [-0.2, -0.15) is 0 Å². The van der Waals surface area contributed by atoms with Gasteiger partial charge in [0.05, 0.1) is 0 Å². The zero-order valence-corrected chi connectivity index (χ0v) is 12.9. The van der Waals surface area contributed by atoms with Crippen LogP contribution in [0.4, 0.5) is 10.7 Å². The SMILES string of the molecule is CCc1cnc(NCCNC(=O)OC(C)(C)C)nc1C. The summed E-state index contributed by atoms with van der Waals surface area (Å²) < 4.78 is 5.13. The maximum atomic E-state index is 11.4. The molecule has 20 heavy (non-hydrogen) atoms. The molecule has 0 bridgehead atoms. The fourth-order valence-corrected chi connectivity index (χ4v) is 1.58. The molecule has 0 saturated heterocycles. The van der Waals surface area contributed by atoms with Crippen LogP contribution in [-0.2, 0) is 11.2 Å². The van der Waals surface area contributed by atoms with Gasteiger partial charge >= 0.3 is 6.09 Å². The Kier molecular flexibility index (Phi) is 5.73. The minimum absolute atomic E-state index is 0.419. The number of hydrogen-bond acceptors (Lipinski definition) is 5. The van der Waals surface area contributed by atoms with Gasteiger partial charge in [0, 0.05) is 25.0 Å². The maximum absolute atomic E-state index is 11.4. The van der Waals surface area contributed by atoms with E-state index >= 15 is 0 Å². The van der Waals surface area contributed by atoms with Gasteiger partial charge in [-0.25, -0.2) is 14.8 Å². The number of carbonyl (C=O) groups excluding carboxylic acids is 1. The molecule has 0 aromatic carbocycles. The number of alkyl carbamates (subject to hydrolysis) is 1. The molecule has 112 valence electrons. The average Bonchev–Trinajstić information content (AvgIpc) is 2.33. The topological polar surface area (TPSA) is 76.1 Å². The van der Waals surface area contributed by atoms with Crippen LogP contribution in [-0.4, -0.2) is 34.8 Å². The first kappa shape index (κ1) is 16.2. The molecule has 1 aromatic heterocycles. The van der Waals surface area contributed by atoms with E-state index in [1.165, 1.54) is 0 Å². The first-order valence-electron chi connectivity index (χ1n) is 6.85. The highest BCUT2D eigenvalue weighted by atomic mass is 16.6. The molecular formula is C14H24N4O2. The van der Waals surface area contributed by atoms with Gasteiger partial charge in [-0.15, -0.1) is 0 Å². The van der Waals surface area contributed by atoms with Gasteiger partial charge in [-0.1, -0.05) is 6.92 Å². The van der Waals surface area contributed by atoms with Crippen molar-refractivity contribution in [3.05, 3.63) is 17.5 Å². The lowest BCUT2D eigenvalue weighted by Gasteiger charge is -2.19. The highest BCUT2D eigenvalue weighted by molar-refractivity contribution is 5.67. The Balaban J connectivity index is 2.31. The van der Waals surface area contributed by atoms with Crippen LogP contribution >= 0.6 is 0 Å². The Bertz CT molecular complexity index is 455. The predicted octanol–water partition coefficient (Wildman–Crippen LogP) is 2.28. The predicted molar refractivity (Wildman–Crippen MR) is 78.9 cm³/mol. The molecule has 0 aliphatic heterocycles. The molecule has 0 unspecified atom stereocenters. The molecule has 2 N–H and O–H groups in total. The van der Waals surface area contributed by atoms with E-state index in [0.29, 0.717) is 19.0 Å². The number of carbonyl (C=O) groups is 1. The number of rotatable bonds is 5. The minimum Gasteiger partial charge on any atom is -0.444 e. The van der Waals surface area contributed by atoms with E-state index in [4.69, 9.17) is 4.74 Å². The zero-order valence-electron chi connectivity index (χ0n) is 12.9. The first-order valence-corrected chi connectivity index (χ1v) is 6.85. The average molecular weight is 280 g/mol. The van der Waals surface area contributed by atoms with E-state index < -0.39 is 11.7 Å². The van der Waals surface area contributed by atoms with Gasteiger partial charge in [0.1, 0.15) is 5.60 Å². The molecule has 0 atom stereocenters. The second kappa shape index (κ2) is 7.07. The number of aryl methyl sites for hydroxylation is 2. The monoisotopic (exact) mass is 280 g/mol. The zero-order chi connectivity index (χ0) is 15.2. The third-order valence-corrected chi connectivity index (χ3v) is 2.54. The number of hydrogen-bond donors (Lipinski definition) is 2. The molecule has 6 heteroatoms. The Morgan fingerprint density at radius 3 is 2.60 bits per heavy atom. The number of anilines is 1. The smallest absolute Gasteiger partial charge is 0.407 e. The lowest BCUT2D eigenvalue weighted by molar-refractivity contribution is 0.0530. The summed E-state index contributed by atoms with van der Waals surface area (Å²) in [5, 5.41) is 5.73. The molecular weight excluding hydrogens is 256 g/mol. The lowest BCUT2D eigenvalue weighted by atomic mass is 10.2. The lowest BCUT2D eigenvalue weighted by Crippen LogP contribution is -2.35. The van der Waals surface area contributed by atoms with E-state index in [1.54, 1.807) is 0 Å². The van der Waals surface area contributed by atoms with Crippen molar-refractivity contribution in [2.24, 2.45) is 0 Å². The summed E-state index contributed by atoms with van der Waals surface area (Å²) in [6.45, 7) is 10.5. The quantitative estimate of drug-likeness (QED) is 0.809. The number of nitrogens with zero attached hydrogens (tertiary/aromatic N) is 2. The molecule has 1 aromatic rings. The molecule has 0 radical (unpaired) electrons. The molecule has 0 aliphatic rings. The van der Waals surface area contributed by atoms with Crippen molar-refractivity contribution in [2.45, 2.75) is 46.6 Å². The first-order chi connectivity index (χ1) is 9.31. The second-order valence-corrected chi connectivity index (χ2v) is 5.51. The van der Waals surface area contributed by atoms with Gasteiger partial charge in [0.25, 0.3) is 0 Å². The van der Waals surface area contributed by atoms with Crippen molar-refractivity contribution in [2.75, 3.05) is 18.4 Å². The van der Waals surface area contributed by atoms with E-state index in [1.807, 2.05) is 33.9 Å². The van der Waals surface area contributed by atoms with Crippen LogP contribution in [0.1, 0.15) is 39.0 Å². The Hall–Kier alpha value is -1.85. The molecule has 1 heterocycles. The van der Waals surface area contributed by atoms with Crippen molar-refractivity contribution < 1.29 is 9.53 Å². The summed E-state index contributed by atoms with van der Waals surface area (Å²) in [5.41, 5.74) is 1.64. The van der Waals surface area contributed by atoms with Crippen molar-refractivity contribution >= 4 is 12.0 Å². The number of amides is 1. The Morgan fingerprint density at radius 2 is 2.05 bits per heavy atom. The van der Waals surface area contributed by atoms with E-state index in [-0.39, 0.29) is 0 Å². The van der Waals surface area contributed by atoms with Gasteiger partial charge in [0.15, 0.2) is 0 Å². The van der Waals surface area contributed by atoms with Crippen LogP contribution in [0.5, 0.6) is 0 Å². The van der Waals surface area contributed by atoms with Crippen molar-refractivity contribution in [3.8, 4) is 0 Å². The molecule has 0 spiro atoms. The van der Waals surface area contributed by atoms with E-state index in [9.17, 15) is 4.79 Å². The van der Waals surface area contributed by atoms with Crippen LogP contribution in [0.25, 0.3) is 0 Å². The molecule has 0 aliphatic carbocycles. The van der Waals surface area contributed by atoms with Crippen molar-refractivity contribution in [1.82, 2.24) is 15.3 Å². The number of nitrogens with one attached hydrogen (secondary N) is 2. The standard InChI is InChI=1S/C14H24N4O2/c1-6-11-9-17-12(18-10(11)2)15-7-8-16-13(19)20-14(3,4)5/h9H,6-8H2,1-5H3,(H,16,19)(H,15,17,18). The summed E-state index contributed by atoms with van der Waals surface area (Å²) in [6, 6.07) is 0. The Morgan fingerprint density at radius 1 is 1.35 bits per heavy atom. The minimum atomic E-state index is -0.478. The number of ether oxygens (including phenoxy) is 1. The summed E-state index contributed by atoms with van der Waals surface area (Å²) in [6.07, 6.45) is 2.33. The summed E-state index contributed by atoms with van der Waals surface area (Å²) >= 11 is 0. The molecule has 0 saturated carbocycles. The summed E-state index contributed by atoms with van der Waals surface area (Å²) in [4.78, 5) is 20.0. The molecule has 1 amide bonds. The van der Waals surface area contributed by atoms with Crippen LogP contribution in [0.2, 0.25) is 0 Å².